The van der Waals surface area contributed by atoms with E-state index in [4.69, 9.17) is 5.73 Å². The second-order valence-electron chi connectivity index (χ2n) is 3.88. The number of primary amides is 1. The molecular weight excluding hydrogens is 209 g/mol. The summed E-state index contributed by atoms with van der Waals surface area (Å²) in [5, 5.41) is 2.97. The van der Waals surface area contributed by atoms with Crippen molar-refractivity contribution in [1.29, 1.82) is 0 Å². The predicted molar refractivity (Wildman–Crippen MR) is 49.0 cm³/mol. The lowest BCUT2D eigenvalue weighted by atomic mass is 9.93. The molecule has 0 aromatic heterocycles. The molecule has 0 aromatic rings. The monoisotopic (exact) mass is 224 g/mol. The molecule has 88 valence electrons. The number of hydrogen-bond acceptors (Lipinski definition) is 2. The van der Waals surface area contributed by atoms with Gasteiger partial charge in [0.05, 0.1) is 0 Å². The molecule has 0 spiro atoms. The van der Waals surface area contributed by atoms with Crippen molar-refractivity contribution in [3.05, 3.63) is 0 Å². The molecule has 1 saturated heterocycles. The van der Waals surface area contributed by atoms with Gasteiger partial charge in [-0.1, -0.05) is 6.42 Å². The average molecular weight is 224 g/mol. The van der Waals surface area contributed by atoms with Crippen LogP contribution in [-0.4, -0.2) is 24.7 Å². The summed E-state index contributed by atoms with van der Waals surface area (Å²) < 4.78 is 37.2. The first-order valence-electron chi connectivity index (χ1n) is 5.00. The van der Waals surface area contributed by atoms with Gasteiger partial charge in [-0.15, -0.1) is 0 Å². The summed E-state index contributed by atoms with van der Waals surface area (Å²) in [6.45, 7) is 0.716. The maximum atomic E-state index is 12.4. The third-order valence-corrected chi connectivity index (χ3v) is 2.67. The lowest BCUT2D eigenvalue weighted by Gasteiger charge is -2.27. The zero-order valence-corrected chi connectivity index (χ0v) is 8.31. The van der Waals surface area contributed by atoms with Crippen LogP contribution in [0.25, 0.3) is 0 Å². The Balaban J connectivity index is 2.54. The molecule has 1 rings (SSSR count). The molecule has 15 heavy (non-hydrogen) atoms. The second-order valence-corrected chi connectivity index (χ2v) is 3.88. The Morgan fingerprint density at radius 1 is 1.47 bits per heavy atom. The Bertz CT molecular complexity index is 224. The van der Waals surface area contributed by atoms with E-state index in [0.717, 1.165) is 12.8 Å². The molecule has 6 heteroatoms. The number of amides is 1. The summed E-state index contributed by atoms with van der Waals surface area (Å²) >= 11 is 0. The molecule has 1 heterocycles. The second kappa shape index (κ2) is 4.83. The number of carbonyl (C=O) groups excluding carboxylic acids is 1. The maximum absolute atomic E-state index is 12.4. The smallest absolute Gasteiger partial charge is 0.369 e. The number of nitrogens with two attached hydrogens (primary N) is 1. The van der Waals surface area contributed by atoms with Crippen molar-refractivity contribution in [2.24, 2.45) is 11.7 Å². The lowest BCUT2D eigenvalue weighted by molar-refractivity contribution is -0.183. The molecule has 0 radical (unpaired) electrons. The highest BCUT2D eigenvalue weighted by Gasteiger charge is 2.44. The minimum Gasteiger partial charge on any atom is -0.369 e. The Kier molecular flexibility index (Phi) is 3.96. The summed E-state index contributed by atoms with van der Waals surface area (Å²) in [5.74, 6) is -3.30. The Hall–Kier alpha value is -0.780. The van der Waals surface area contributed by atoms with Gasteiger partial charge in [0.15, 0.2) is 0 Å². The first kappa shape index (κ1) is 12.3. The number of rotatable bonds is 3. The van der Waals surface area contributed by atoms with Crippen molar-refractivity contribution in [2.45, 2.75) is 37.9 Å². The average Bonchev–Trinajstić information content (AvgIpc) is 2.13. The number of piperidine rings is 1. The number of hydrogen-bond donors (Lipinski definition) is 2. The largest absolute Gasteiger partial charge is 0.400 e. The van der Waals surface area contributed by atoms with E-state index in [1.165, 1.54) is 0 Å². The molecular formula is C9H15F3N2O. The number of halogens is 3. The van der Waals surface area contributed by atoms with Gasteiger partial charge in [-0.25, -0.2) is 0 Å². The van der Waals surface area contributed by atoms with Crippen LogP contribution in [0.5, 0.6) is 0 Å². The van der Waals surface area contributed by atoms with E-state index >= 15 is 0 Å². The molecule has 0 bridgehead atoms. The van der Waals surface area contributed by atoms with E-state index in [-0.39, 0.29) is 12.5 Å². The highest BCUT2D eigenvalue weighted by atomic mass is 19.4. The molecule has 2 atom stereocenters. The van der Waals surface area contributed by atoms with E-state index in [1.807, 2.05) is 0 Å². The summed E-state index contributed by atoms with van der Waals surface area (Å²) in [5.41, 5.74) is 4.75. The minimum absolute atomic E-state index is 0.237. The molecule has 3 N–H and O–H groups in total. The van der Waals surface area contributed by atoms with Gasteiger partial charge in [-0.3, -0.25) is 4.79 Å². The first-order chi connectivity index (χ1) is 6.91. The van der Waals surface area contributed by atoms with Crippen LogP contribution in [-0.2, 0) is 4.79 Å². The molecule has 0 aliphatic carbocycles. The van der Waals surface area contributed by atoms with Crippen LogP contribution in [0.2, 0.25) is 0 Å². The predicted octanol–water partition coefficient (Wildman–Crippen LogP) is 1.18. The van der Waals surface area contributed by atoms with Crippen LogP contribution < -0.4 is 11.1 Å². The summed E-state index contributed by atoms with van der Waals surface area (Å²) in [6.07, 6.45) is -2.20. The van der Waals surface area contributed by atoms with Gasteiger partial charge in [-0.05, 0) is 25.8 Å². The standard InChI is InChI=1S/C9H15F3N2O/c10-9(11,12)7(8(13)15)5-6-3-1-2-4-14-6/h6-7,14H,1-5H2,(H2,13,15). The van der Waals surface area contributed by atoms with Crippen LogP contribution >= 0.6 is 0 Å². The highest BCUT2D eigenvalue weighted by molar-refractivity contribution is 5.77. The lowest BCUT2D eigenvalue weighted by Crippen LogP contribution is -2.43. The summed E-state index contributed by atoms with van der Waals surface area (Å²) in [7, 11) is 0. The van der Waals surface area contributed by atoms with Gasteiger partial charge >= 0.3 is 6.18 Å². The van der Waals surface area contributed by atoms with Crippen molar-refractivity contribution in [2.75, 3.05) is 6.54 Å². The van der Waals surface area contributed by atoms with E-state index in [9.17, 15) is 18.0 Å². The SMILES string of the molecule is NC(=O)C(CC1CCCCN1)C(F)(F)F. The number of carbonyl (C=O) groups is 1. The van der Waals surface area contributed by atoms with Gasteiger partial charge < -0.3 is 11.1 Å². The topological polar surface area (TPSA) is 55.1 Å². The van der Waals surface area contributed by atoms with Crippen molar-refractivity contribution < 1.29 is 18.0 Å². The van der Waals surface area contributed by atoms with E-state index in [1.54, 1.807) is 0 Å². The molecule has 0 aromatic carbocycles. The van der Waals surface area contributed by atoms with Crippen molar-refractivity contribution in [3.63, 3.8) is 0 Å². The van der Waals surface area contributed by atoms with Crippen molar-refractivity contribution in [3.8, 4) is 0 Å². The van der Waals surface area contributed by atoms with Crippen LogP contribution in [0.15, 0.2) is 0 Å². The molecule has 2 unspecified atom stereocenters. The summed E-state index contributed by atoms with van der Waals surface area (Å²) in [4.78, 5) is 10.7. The van der Waals surface area contributed by atoms with Gasteiger partial charge in [0.1, 0.15) is 5.92 Å². The fourth-order valence-corrected chi connectivity index (χ4v) is 1.82. The zero-order chi connectivity index (χ0) is 11.5. The number of alkyl halides is 3. The summed E-state index contributed by atoms with van der Waals surface area (Å²) in [6, 6.07) is -0.238. The fraction of sp³-hybridized carbons (Fsp3) is 0.889. The minimum atomic E-state index is -4.52. The molecule has 1 fully saturated rings. The third kappa shape index (κ3) is 3.70. The molecule has 3 nitrogen and oxygen atoms in total. The molecule has 1 amide bonds. The Morgan fingerprint density at radius 3 is 2.53 bits per heavy atom. The normalized spacial score (nSPS) is 24.9. The fourth-order valence-electron chi connectivity index (χ4n) is 1.82. The highest BCUT2D eigenvalue weighted by Crippen LogP contribution is 2.30. The third-order valence-electron chi connectivity index (χ3n) is 2.67. The Labute approximate surface area is 86.2 Å². The van der Waals surface area contributed by atoms with E-state index < -0.39 is 18.0 Å². The van der Waals surface area contributed by atoms with Gasteiger partial charge in [0.25, 0.3) is 0 Å². The van der Waals surface area contributed by atoms with Crippen molar-refractivity contribution >= 4 is 5.91 Å². The molecule has 1 aliphatic rings. The van der Waals surface area contributed by atoms with Crippen LogP contribution in [0.1, 0.15) is 25.7 Å². The first-order valence-corrected chi connectivity index (χ1v) is 5.00. The van der Waals surface area contributed by atoms with E-state index in [0.29, 0.717) is 13.0 Å². The van der Waals surface area contributed by atoms with Gasteiger partial charge in [0, 0.05) is 6.04 Å². The Morgan fingerprint density at radius 2 is 2.13 bits per heavy atom. The molecule has 0 saturated carbocycles. The van der Waals surface area contributed by atoms with Crippen molar-refractivity contribution in [1.82, 2.24) is 5.32 Å². The van der Waals surface area contributed by atoms with Gasteiger partial charge in [-0.2, -0.15) is 13.2 Å². The van der Waals surface area contributed by atoms with E-state index in [2.05, 4.69) is 5.32 Å². The van der Waals surface area contributed by atoms with Crippen LogP contribution in [0.4, 0.5) is 13.2 Å². The number of nitrogens with one attached hydrogen (secondary N) is 1. The van der Waals surface area contributed by atoms with Crippen LogP contribution in [0.3, 0.4) is 0 Å². The maximum Gasteiger partial charge on any atom is 0.400 e. The molecule has 1 aliphatic heterocycles. The van der Waals surface area contributed by atoms with Gasteiger partial charge in [0.2, 0.25) is 5.91 Å². The quantitative estimate of drug-likeness (QED) is 0.756. The zero-order valence-electron chi connectivity index (χ0n) is 8.31. The van der Waals surface area contributed by atoms with Crippen LogP contribution in [0, 0.1) is 5.92 Å².